The third-order valence-corrected chi connectivity index (χ3v) is 10.1. The van der Waals surface area contributed by atoms with E-state index in [4.69, 9.17) is 14.2 Å². The summed E-state index contributed by atoms with van der Waals surface area (Å²) in [5, 5.41) is 27.3. The van der Waals surface area contributed by atoms with E-state index in [1.807, 2.05) is 13.8 Å². The maximum Gasteiger partial charge on any atom is 0.427 e. The summed E-state index contributed by atoms with van der Waals surface area (Å²) in [6.07, 6.45) is 4.87. The molecule has 0 spiro atoms. The molecule has 9 nitrogen and oxygen atoms in total. The zero-order valence-corrected chi connectivity index (χ0v) is 23.7. The summed E-state index contributed by atoms with van der Waals surface area (Å²) in [7, 11) is 1.57. The summed E-state index contributed by atoms with van der Waals surface area (Å²) in [5.74, 6) is -1.30. The third kappa shape index (κ3) is 4.57. The second kappa shape index (κ2) is 11.0. The Balaban J connectivity index is 1.50. The molecule has 0 unspecified atom stereocenters. The molecule has 0 heterocycles. The predicted octanol–water partition coefficient (Wildman–Crippen LogP) is 3.49. The van der Waals surface area contributed by atoms with Crippen LogP contribution in [-0.4, -0.2) is 78.7 Å². The first-order chi connectivity index (χ1) is 18.4. The van der Waals surface area contributed by atoms with Gasteiger partial charge < -0.3 is 24.4 Å². The molecule has 3 saturated carbocycles. The Morgan fingerprint density at radius 2 is 1.92 bits per heavy atom. The minimum atomic E-state index is -1.97. The predicted molar refractivity (Wildman–Crippen MR) is 143 cm³/mol. The second-order valence-corrected chi connectivity index (χ2v) is 11.9. The number of methoxy groups -OCH3 is 1. The fourth-order valence-corrected chi connectivity index (χ4v) is 8.07. The first-order valence-electron chi connectivity index (χ1n) is 14.0. The molecule has 3 fully saturated rings. The highest BCUT2D eigenvalue weighted by Crippen LogP contribution is 2.70. The van der Waals surface area contributed by atoms with Crippen LogP contribution in [0, 0.1) is 28.6 Å². The van der Waals surface area contributed by atoms with Crippen molar-refractivity contribution in [1.82, 2.24) is 5.43 Å². The SMILES string of the molecule is CCC(=O)[C@@]1(O)[C@H](C)C[C@H]2[C@@H]3CCC4=C/C(=N/NC(=O)OCCOCCOC)C=C[C@]4(C)[C@@]3(F)[C@@H](O)C[C@@]21C. The Bertz CT molecular complexity index is 1060. The molecule has 0 bridgehead atoms. The number of ether oxygens (including phenoxy) is 3. The van der Waals surface area contributed by atoms with Gasteiger partial charge in [0.2, 0.25) is 0 Å². The maximum atomic E-state index is 17.4. The lowest BCUT2D eigenvalue weighted by Gasteiger charge is -2.62. The summed E-state index contributed by atoms with van der Waals surface area (Å²) >= 11 is 0. The molecule has 0 aromatic carbocycles. The van der Waals surface area contributed by atoms with Crippen LogP contribution in [0.3, 0.4) is 0 Å². The van der Waals surface area contributed by atoms with Gasteiger partial charge in [-0.25, -0.2) is 14.6 Å². The molecule has 4 rings (SSSR count). The minimum Gasteiger partial charge on any atom is -0.446 e. The van der Waals surface area contributed by atoms with Gasteiger partial charge in [0.1, 0.15) is 12.2 Å². The van der Waals surface area contributed by atoms with Gasteiger partial charge in [0.25, 0.3) is 0 Å². The standard InChI is InChI=1S/C29H43FN2O7/c1-6-23(33)29(36)18(2)15-22-21-8-7-19-16-20(31-32-25(35)39-14-13-38-12-11-37-5)9-10-26(19,3)28(21,30)24(34)17-27(22,29)4/h9-10,16,18,21-22,24,34,36H,6-8,11-15,17H2,1-5H3,(H,32,35)/b31-20+/t18-,21+,22+,24+,26+,27+,28+,29+/m1/s1. The van der Waals surface area contributed by atoms with Crippen molar-refractivity contribution in [3.63, 3.8) is 0 Å². The highest BCUT2D eigenvalue weighted by atomic mass is 19.1. The number of rotatable bonds is 9. The van der Waals surface area contributed by atoms with Gasteiger partial charge in [-0.2, -0.15) is 5.10 Å². The number of ketones is 1. The fraction of sp³-hybridized carbons (Fsp3) is 0.759. The molecule has 0 aromatic rings. The van der Waals surface area contributed by atoms with Crippen LogP contribution in [0.4, 0.5) is 9.18 Å². The Morgan fingerprint density at radius 3 is 2.62 bits per heavy atom. The smallest absolute Gasteiger partial charge is 0.427 e. The van der Waals surface area contributed by atoms with E-state index in [0.717, 1.165) is 5.57 Å². The lowest BCUT2D eigenvalue weighted by molar-refractivity contribution is -0.218. The summed E-state index contributed by atoms with van der Waals surface area (Å²) in [6, 6.07) is 0. The molecule has 8 atom stereocenters. The van der Waals surface area contributed by atoms with Crippen LogP contribution in [0.5, 0.6) is 0 Å². The molecule has 0 saturated heterocycles. The zero-order valence-electron chi connectivity index (χ0n) is 23.7. The Labute approximate surface area is 229 Å². The van der Waals surface area contributed by atoms with Gasteiger partial charge in [-0.05, 0) is 56.6 Å². The topological polar surface area (TPSA) is 127 Å². The largest absolute Gasteiger partial charge is 0.446 e. The molecule has 39 heavy (non-hydrogen) atoms. The van der Waals surface area contributed by atoms with Crippen molar-refractivity contribution in [2.24, 2.45) is 33.7 Å². The van der Waals surface area contributed by atoms with Crippen molar-refractivity contribution in [3.8, 4) is 0 Å². The number of aliphatic hydroxyl groups excluding tert-OH is 1. The summed E-state index contributed by atoms with van der Waals surface area (Å²) in [4.78, 5) is 25.0. The molecule has 0 aromatic heterocycles. The number of hydrazone groups is 1. The number of carbonyl (C=O) groups excluding carboxylic acids is 2. The number of amides is 1. The van der Waals surface area contributed by atoms with Crippen LogP contribution in [0.2, 0.25) is 0 Å². The minimum absolute atomic E-state index is 0.0114. The van der Waals surface area contributed by atoms with Crippen molar-refractivity contribution < 1.29 is 38.4 Å². The van der Waals surface area contributed by atoms with E-state index in [-0.39, 0.29) is 43.7 Å². The Morgan fingerprint density at radius 1 is 1.21 bits per heavy atom. The zero-order chi connectivity index (χ0) is 28.6. The number of nitrogens with one attached hydrogen (secondary N) is 1. The molecule has 3 N–H and O–H groups in total. The van der Waals surface area contributed by atoms with Crippen molar-refractivity contribution >= 4 is 17.6 Å². The summed E-state index contributed by atoms with van der Waals surface area (Å²) in [5.41, 5.74) is -1.95. The Hall–Kier alpha value is -2.14. The molecule has 0 radical (unpaired) electrons. The van der Waals surface area contributed by atoms with E-state index in [0.29, 0.717) is 38.2 Å². The van der Waals surface area contributed by atoms with Crippen LogP contribution in [0.25, 0.3) is 0 Å². The first kappa shape index (κ1) is 29.8. The first-order valence-corrected chi connectivity index (χ1v) is 14.0. The number of fused-ring (bicyclic) bond motifs is 5. The molecule has 1 amide bonds. The average molecular weight is 551 g/mol. The van der Waals surface area contributed by atoms with E-state index in [1.165, 1.54) is 0 Å². The number of halogens is 1. The number of nitrogens with zero attached hydrogens (tertiary/aromatic N) is 1. The van der Waals surface area contributed by atoms with Gasteiger partial charge in [0, 0.05) is 30.3 Å². The lowest BCUT2D eigenvalue weighted by atomic mass is 9.44. The van der Waals surface area contributed by atoms with E-state index in [9.17, 15) is 19.8 Å². The van der Waals surface area contributed by atoms with Crippen molar-refractivity contribution in [2.75, 3.05) is 33.5 Å². The highest BCUT2D eigenvalue weighted by Gasteiger charge is 2.75. The van der Waals surface area contributed by atoms with Crippen LogP contribution in [0.1, 0.15) is 59.8 Å². The van der Waals surface area contributed by atoms with E-state index < -0.39 is 40.2 Å². The van der Waals surface area contributed by atoms with Gasteiger partial charge >= 0.3 is 6.09 Å². The highest BCUT2D eigenvalue weighted by molar-refractivity contribution is 6.06. The van der Waals surface area contributed by atoms with Gasteiger partial charge in [-0.15, -0.1) is 0 Å². The van der Waals surface area contributed by atoms with Crippen molar-refractivity contribution in [2.45, 2.75) is 77.2 Å². The van der Waals surface area contributed by atoms with Crippen LogP contribution in [0.15, 0.2) is 28.9 Å². The third-order valence-electron chi connectivity index (χ3n) is 10.1. The number of hydrogen-bond donors (Lipinski definition) is 3. The normalized spacial score (nSPS) is 41.8. The molecule has 4 aliphatic carbocycles. The maximum absolute atomic E-state index is 17.4. The van der Waals surface area contributed by atoms with Crippen LogP contribution in [-0.2, 0) is 19.0 Å². The number of carbonyl (C=O) groups is 2. The van der Waals surface area contributed by atoms with Crippen LogP contribution < -0.4 is 5.43 Å². The number of aliphatic hydroxyl groups is 2. The summed E-state index contributed by atoms with van der Waals surface area (Å²) < 4.78 is 32.6. The number of hydrogen-bond acceptors (Lipinski definition) is 8. The van der Waals surface area contributed by atoms with Crippen molar-refractivity contribution in [3.05, 3.63) is 23.8 Å². The lowest BCUT2D eigenvalue weighted by Crippen LogP contribution is -2.69. The number of Topliss-reactive ketones (excluding diaryl/α,β-unsaturated/α-hetero) is 1. The second-order valence-electron chi connectivity index (χ2n) is 11.9. The van der Waals surface area contributed by atoms with Gasteiger partial charge in [0.05, 0.1) is 31.6 Å². The van der Waals surface area contributed by atoms with Gasteiger partial charge in [-0.3, -0.25) is 4.79 Å². The number of allylic oxidation sites excluding steroid dienone is 4. The number of alkyl halides is 1. The monoisotopic (exact) mass is 550 g/mol. The molecule has 218 valence electrons. The van der Waals surface area contributed by atoms with Crippen LogP contribution >= 0.6 is 0 Å². The molecular weight excluding hydrogens is 507 g/mol. The fourth-order valence-electron chi connectivity index (χ4n) is 8.07. The molecule has 4 aliphatic rings. The van der Waals surface area contributed by atoms with E-state index in [2.05, 4.69) is 10.5 Å². The van der Waals surface area contributed by atoms with Gasteiger partial charge in [-0.1, -0.05) is 32.4 Å². The van der Waals surface area contributed by atoms with Gasteiger partial charge in [0.15, 0.2) is 11.5 Å². The quantitative estimate of drug-likeness (QED) is 0.296. The van der Waals surface area contributed by atoms with E-state index >= 15 is 4.39 Å². The molecule has 10 heteroatoms. The van der Waals surface area contributed by atoms with E-state index in [1.54, 1.807) is 39.2 Å². The summed E-state index contributed by atoms with van der Waals surface area (Å²) in [6.45, 7) is 8.44. The average Bonchev–Trinajstić information content (AvgIpc) is 3.11. The molecular formula is C29H43FN2O7. The Kier molecular flexibility index (Phi) is 8.44. The van der Waals surface area contributed by atoms with Crippen molar-refractivity contribution in [1.29, 1.82) is 0 Å². The molecule has 0 aliphatic heterocycles.